The van der Waals surface area contributed by atoms with Crippen molar-refractivity contribution in [2.45, 2.75) is 52.7 Å². The van der Waals surface area contributed by atoms with E-state index in [2.05, 4.69) is 34.6 Å². The van der Waals surface area contributed by atoms with Gasteiger partial charge in [-0.2, -0.15) is 0 Å². The van der Waals surface area contributed by atoms with E-state index >= 15 is 0 Å². The molecule has 0 rings (SSSR count). The van der Waals surface area contributed by atoms with Crippen LogP contribution in [0.5, 0.6) is 0 Å². The van der Waals surface area contributed by atoms with Crippen LogP contribution in [0.2, 0.25) is 0 Å². The molecule has 2 nitrogen and oxygen atoms in total. The van der Waals surface area contributed by atoms with Crippen LogP contribution in [0.15, 0.2) is 0 Å². The molecule has 0 aromatic carbocycles. The quantitative estimate of drug-likeness (QED) is 0.710. The van der Waals surface area contributed by atoms with Gasteiger partial charge < -0.3 is 10.5 Å². The Hall–Kier alpha value is -0.0800. The molecule has 0 aromatic heterocycles. The molecule has 0 fully saturated rings. The van der Waals surface area contributed by atoms with Gasteiger partial charge in [-0.1, -0.05) is 27.7 Å². The van der Waals surface area contributed by atoms with Gasteiger partial charge in [-0.15, -0.1) is 0 Å². The molecule has 2 unspecified atom stereocenters. The van der Waals surface area contributed by atoms with Gasteiger partial charge in [-0.3, -0.25) is 0 Å². The fraction of sp³-hybridized carbons (Fsp3) is 1.00. The second-order valence-corrected chi connectivity index (χ2v) is 4.71. The first-order valence-electron chi connectivity index (χ1n) is 4.58. The molecule has 0 bridgehead atoms. The molecule has 0 aliphatic rings. The van der Waals surface area contributed by atoms with Crippen molar-refractivity contribution in [3.63, 3.8) is 0 Å². The van der Waals surface area contributed by atoms with E-state index < -0.39 is 0 Å². The number of ether oxygens (including phenoxy) is 1. The Morgan fingerprint density at radius 1 is 1.25 bits per heavy atom. The average Bonchev–Trinajstić information content (AvgIpc) is 2.00. The summed E-state index contributed by atoms with van der Waals surface area (Å²) in [5.74, 6) is 0. The number of nitrogens with two attached hydrogens (primary N) is 1. The maximum atomic E-state index is 6.13. The van der Waals surface area contributed by atoms with Gasteiger partial charge in [0.15, 0.2) is 0 Å². The summed E-state index contributed by atoms with van der Waals surface area (Å²) in [5.41, 5.74) is 6.03. The molecule has 2 N–H and O–H groups in total. The van der Waals surface area contributed by atoms with Gasteiger partial charge in [0, 0.05) is 13.2 Å². The highest BCUT2D eigenvalue weighted by atomic mass is 16.5. The molecule has 0 heterocycles. The Morgan fingerprint density at radius 2 is 1.67 bits per heavy atom. The van der Waals surface area contributed by atoms with E-state index in [4.69, 9.17) is 10.5 Å². The minimum Gasteiger partial charge on any atom is -0.377 e. The SMILES string of the molecule is CCC(C)(OC)C(N)C(C)(C)C. The van der Waals surface area contributed by atoms with Crippen LogP contribution in [0.3, 0.4) is 0 Å². The highest BCUT2D eigenvalue weighted by molar-refractivity contribution is 4.93. The lowest BCUT2D eigenvalue weighted by molar-refractivity contribution is -0.0462. The van der Waals surface area contributed by atoms with Crippen molar-refractivity contribution in [3.05, 3.63) is 0 Å². The molecule has 74 valence electrons. The molecule has 0 saturated heterocycles. The largest absolute Gasteiger partial charge is 0.377 e. The lowest BCUT2D eigenvalue weighted by Gasteiger charge is -2.41. The van der Waals surface area contributed by atoms with E-state index in [0.29, 0.717) is 0 Å². The highest BCUT2D eigenvalue weighted by Crippen LogP contribution is 2.30. The first-order chi connectivity index (χ1) is 5.28. The summed E-state index contributed by atoms with van der Waals surface area (Å²) in [6.07, 6.45) is 0.946. The zero-order chi connectivity index (χ0) is 9.99. The average molecular weight is 173 g/mol. The Kier molecular flexibility index (Phi) is 3.73. The Labute approximate surface area is 76.5 Å². The normalized spacial score (nSPS) is 20.2. The number of rotatable bonds is 3. The second-order valence-electron chi connectivity index (χ2n) is 4.71. The van der Waals surface area contributed by atoms with Crippen molar-refractivity contribution >= 4 is 0 Å². The third-order valence-electron chi connectivity index (χ3n) is 2.76. The van der Waals surface area contributed by atoms with Gasteiger partial charge in [-0.05, 0) is 18.8 Å². The van der Waals surface area contributed by atoms with Crippen molar-refractivity contribution in [3.8, 4) is 0 Å². The highest BCUT2D eigenvalue weighted by Gasteiger charge is 2.37. The van der Waals surface area contributed by atoms with Crippen LogP contribution in [-0.2, 0) is 4.74 Å². The predicted octanol–water partition coefficient (Wildman–Crippen LogP) is 2.17. The molecular weight excluding hydrogens is 150 g/mol. The number of methoxy groups -OCH3 is 1. The molecule has 0 aliphatic carbocycles. The van der Waals surface area contributed by atoms with E-state index in [9.17, 15) is 0 Å². The maximum absolute atomic E-state index is 6.13. The predicted molar refractivity (Wildman–Crippen MR) is 53.1 cm³/mol. The fourth-order valence-corrected chi connectivity index (χ4v) is 1.41. The molecule has 2 atom stereocenters. The molecule has 0 saturated carbocycles. The van der Waals surface area contributed by atoms with Gasteiger partial charge in [-0.25, -0.2) is 0 Å². The topological polar surface area (TPSA) is 35.2 Å². The summed E-state index contributed by atoms with van der Waals surface area (Å²) in [7, 11) is 1.73. The zero-order valence-corrected chi connectivity index (χ0v) is 9.27. The fourth-order valence-electron chi connectivity index (χ4n) is 1.41. The first kappa shape index (κ1) is 11.9. The van der Waals surface area contributed by atoms with E-state index in [0.717, 1.165) is 6.42 Å². The maximum Gasteiger partial charge on any atom is 0.0803 e. The molecule has 0 aromatic rings. The summed E-state index contributed by atoms with van der Waals surface area (Å²) >= 11 is 0. The third kappa shape index (κ3) is 2.46. The Bertz CT molecular complexity index is 133. The minimum absolute atomic E-state index is 0.0694. The summed E-state index contributed by atoms with van der Waals surface area (Å²) < 4.78 is 5.45. The zero-order valence-electron chi connectivity index (χ0n) is 9.27. The van der Waals surface area contributed by atoms with Gasteiger partial charge in [0.05, 0.1) is 5.60 Å². The molecule has 0 radical (unpaired) electrons. The third-order valence-corrected chi connectivity index (χ3v) is 2.76. The van der Waals surface area contributed by atoms with Crippen molar-refractivity contribution < 1.29 is 4.74 Å². The van der Waals surface area contributed by atoms with E-state index in [1.165, 1.54) is 0 Å². The smallest absolute Gasteiger partial charge is 0.0803 e. The lowest BCUT2D eigenvalue weighted by atomic mass is 9.76. The number of hydrogen-bond donors (Lipinski definition) is 1. The molecule has 0 amide bonds. The summed E-state index contributed by atoms with van der Waals surface area (Å²) in [5, 5.41) is 0. The Balaban J connectivity index is 4.53. The first-order valence-corrected chi connectivity index (χ1v) is 4.58. The molecule has 12 heavy (non-hydrogen) atoms. The van der Waals surface area contributed by atoms with Crippen LogP contribution in [-0.4, -0.2) is 18.8 Å². The molecule has 0 spiro atoms. The van der Waals surface area contributed by atoms with Crippen LogP contribution in [0.4, 0.5) is 0 Å². The van der Waals surface area contributed by atoms with E-state index in [1.54, 1.807) is 7.11 Å². The van der Waals surface area contributed by atoms with Gasteiger partial charge in [0.1, 0.15) is 0 Å². The van der Waals surface area contributed by atoms with Crippen molar-refractivity contribution in [2.24, 2.45) is 11.1 Å². The molecule has 2 heteroatoms. The number of hydrogen-bond acceptors (Lipinski definition) is 2. The van der Waals surface area contributed by atoms with E-state index in [-0.39, 0.29) is 17.1 Å². The van der Waals surface area contributed by atoms with Crippen LogP contribution in [0.25, 0.3) is 0 Å². The monoisotopic (exact) mass is 173 g/mol. The molecular formula is C10H23NO. The van der Waals surface area contributed by atoms with Crippen molar-refractivity contribution in [1.82, 2.24) is 0 Å². The van der Waals surface area contributed by atoms with Gasteiger partial charge in [0.25, 0.3) is 0 Å². The lowest BCUT2D eigenvalue weighted by Crippen LogP contribution is -2.54. The summed E-state index contributed by atoms with van der Waals surface area (Å²) in [4.78, 5) is 0. The van der Waals surface area contributed by atoms with Crippen LogP contribution in [0.1, 0.15) is 41.0 Å². The second kappa shape index (κ2) is 3.75. The van der Waals surface area contributed by atoms with Crippen LogP contribution in [0, 0.1) is 5.41 Å². The minimum atomic E-state index is -0.196. The van der Waals surface area contributed by atoms with Crippen LogP contribution >= 0.6 is 0 Å². The van der Waals surface area contributed by atoms with Crippen LogP contribution < -0.4 is 5.73 Å². The Morgan fingerprint density at radius 3 is 1.75 bits per heavy atom. The van der Waals surface area contributed by atoms with Gasteiger partial charge in [0.2, 0.25) is 0 Å². The standard InChI is InChI=1S/C10H23NO/c1-7-10(5,12-6)8(11)9(2,3)4/h8H,7,11H2,1-6H3. The van der Waals surface area contributed by atoms with Gasteiger partial charge >= 0.3 is 0 Å². The summed E-state index contributed by atoms with van der Waals surface area (Å²) in [6, 6.07) is 0.0694. The summed E-state index contributed by atoms with van der Waals surface area (Å²) in [6.45, 7) is 10.6. The molecule has 0 aliphatic heterocycles. The van der Waals surface area contributed by atoms with Crippen molar-refractivity contribution in [1.29, 1.82) is 0 Å². The van der Waals surface area contributed by atoms with E-state index in [1.807, 2.05) is 0 Å². The van der Waals surface area contributed by atoms with Crippen molar-refractivity contribution in [2.75, 3.05) is 7.11 Å².